The molecule has 21 heavy (non-hydrogen) atoms. The van der Waals surface area contributed by atoms with Gasteiger partial charge in [-0.1, -0.05) is 18.2 Å². The summed E-state index contributed by atoms with van der Waals surface area (Å²) in [5.41, 5.74) is 2.28. The van der Waals surface area contributed by atoms with Crippen LogP contribution in [0.5, 0.6) is 11.5 Å². The van der Waals surface area contributed by atoms with Crippen molar-refractivity contribution in [3.05, 3.63) is 53.9 Å². The minimum Gasteiger partial charge on any atom is -0.454 e. The number of benzene rings is 2. The molecule has 2 heterocycles. The van der Waals surface area contributed by atoms with Gasteiger partial charge in [-0.25, -0.2) is 4.98 Å². The predicted molar refractivity (Wildman–Crippen MR) is 75.2 cm³/mol. The summed E-state index contributed by atoms with van der Waals surface area (Å²) in [5.74, 6) is 1.87. The quantitative estimate of drug-likeness (QED) is 0.800. The highest BCUT2D eigenvalue weighted by atomic mass is 16.7. The molecule has 0 bridgehead atoms. The van der Waals surface area contributed by atoms with E-state index in [4.69, 9.17) is 13.9 Å². The number of oxazole rings is 1. The number of aromatic nitrogens is 1. The van der Waals surface area contributed by atoms with Gasteiger partial charge in [-0.2, -0.15) is 0 Å². The molecular formula is C16H13NO4. The molecule has 4 rings (SSSR count). The molecular weight excluding hydrogens is 270 g/mol. The van der Waals surface area contributed by atoms with E-state index in [9.17, 15) is 5.11 Å². The molecule has 1 atom stereocenters. The maximum Gasteiger partial charge on any atom is 0.231 e. The van der Waals surface area contributed by atoms with Crippen LogP contribution in [0, 0.1) is 0 Å². The summed E-state index contributed by atoms with van der Waals surface area (Å²) < 4.78 is 16.2. The summed E-state index contributed by atoms with van der Waals surface area (Å²) in [5, 5.41) is 10.3. The molecule has 0 saturated carbocycles. The Kier molecular flexibility index (Phi) is 2.79. The lowest BCUT2D eigenvalue weighted by molar-refractivity contribution is 0.167. The van der Waals surface area contributed by atoms with Gasteiger partial charge in [0.05, 0.1) is 12.5 Å². The fourth-order valence-corrected chi connectivity index (χ4v) is 2.41. The highest BCUT2D eigenvalue weighted by Gasteiger charge is 2.18. The Morgan fingerprint density at radius 3 is 2.86 bits per heavy atom. The Labute approximate surface area is 120 Å². The van der Waals surface area contributed by atoms with Gasteiger partial charge in [0.1, 0.15) is 5.52 Å². The van der Waals surface area contributed by atoms with Crippen molar-refractivity contribution in [1.29, 1.82) is 0 Å². The maximum atomic E-state index is 10.3. The number of nitrogens with zero attached hydrogens (tertiary/aromatic N) is 1. The van der Waals surface area contributed by atoms with Crippen LogP contribution in [-0.4, -0.2) is 16.9 Å². The number of rotatable bonds is 3. The average molecular weight is 283 g/mol. The molecule has 0 spiro atoms. The molecule has 0 saturated heterocycles. The molecule has 0 fully saturated rings. The van der Waals surface area contributed by atoms with Crippen molar-refractivity contribution in [2.45, 2.75) is 12.5 Å². The van der Waals surface area contributed by atoms with E-state index < -0.39 is 6.10 Å². The molecule has 1 aliphatic heterocycles. The van der Waals surface area contributed by atoms with Crippen LogP contribution in [0.4, 0.5) is 0 Å². The smallest absolute Gasteiger partial charge is 0.231 e. The number of aliphatic hydroxyl groups is 1. The zero-order valence-corrected chi connectivity index (χ0v) is 11.2. The topological polar surface area (TPSA) is 64.7 Å². The molecule has 0 radical (unpaired) electrons. The van der Waals surface area contributed by atoms with Gasteiger partial charge in [-0.05, 0) is 29.8 Å². The minimum absolute atomic E-state index is 0.222. The number of hydrogen-bond donors (Lipinski definition) is 1. The van der Waals surface area contributed by atoms with Crippen LogP contribution >= 0.6 is 0 Å². The summed E-state index contributed by atoms with van der Waals surface area (Å²) in [6.45, 7) is 0.222. The molecule has 3 aromatic rings. The second-order valence-corrected chi connectivity index (χ2v) is 4.91. The molecule has 1 N–H and O–H groups in total. The monoisotopic (exact) mass is 283 g/mol. The first-order chi connectivity index (χ1) is 10.3. The van der Waals surface area contributed by atoms with Crippen LogP contribution in [-0.2, 0) is 6.42 Å². The lowest BCUT2D eigenvalue weighted by atomic mass is 10.1. The van der Waals surface area contributed by atoms with E-state index in [1.165, 1.54) is 0 Å². The molecule has 5 heteroatoms. The van der Waals surface area contributed by atoms with Crippen molar-refractivity contribution < 1.29 is 19.0 Å². The van der Waals surface area contributed by atoms with Gasteiger partial charge in [0, 0.05) is 0 Å². The van der Waals surface area contributed by atoms with Crippen molar-refractivity contribution in [3.63, 3.8) is 0 Å². The first-order valence-corrected chi connectivity index (χ1v) is 6.72. The molecule has 2 aromatic carbocycles. The van der Waals surface area contributed by atoms with Crippen molar-refractivity contribution in [2.75, 3.05) is 6.79 Å². The molecule has 5 nitrogen and oxygen atoms in total. The fourth-order valence-electron chi connectivity index (χ4n) is 2.41. The highest BCUT2D eigenvalue weighted by molar-refractivity contribution is 5.72. The Bertz CT molecular complexity index is 763. The standard InChI is InChI=1S/C16H13NO4/c18-12(10-5-6-14-15(7-10)20-9-19-14)8-16-17-11-3-1-2-4-13(11)21-16/h1-7,12,18H,8-9H2. The van der Waals surface area contributed by atoms with E-state index >= 15 is 0 Å². The molecule has 106 valence electrons. The number of hydrogen-bond acceptors (Lipinski definition) is 5. The third-order valence-electron chi connectivity index (χ3n) is 3.49. The number of ether oxygens (including phenoxy) is 2. The predicted octanol–water partition coefficient (Wildman–Crippen LogP) is 2.83. The van der Waals surface area contributed by atoms with E-state index in [-0.39, 0.29) is 6.79 Å². The van der Waals surface area contributed by atoms with Gasteiger partial charge in [0.2, 0.25) is 6.79 Å². The first kappa shape index (κ1) is 12.2. The van der Waals surface area contributed by atoms with E-state index in [0.29, 0.717) is 23.8 Å². The van der Waals surface area contributed by atoms with Crippen LogP contribution in [0.15, 0.2) is 46.9 Å². The fraction of sp³-hybridized carbons (Fsp3) is 0.188. The molecule has 1 aliphatic rings. The SMILES string of the molecule is OC(Cc1nc2ccccc2o1)c1ccc2c(c1)OCO2. The van der Waals surface area contributed by atoms with E-state index in [0.717, 1.165) is 16.7 Å². The Hall–Kier alpha value is -2.53. The molecule has 1 aromatic heterocycles. The van der Waals surface area contributed by atoms with Crippen molar-refractivity contribution in [3.8, 4) is 11.5 Å². The van der Waals surface area contributed by atoms with Crippen LogP contribution in [0.3, 0.4) is 0 Å². The van der Waals surface area contributed by atoms with E-state index in [2.05, 4.69) is 4.98 Å². The second-order valence-electron chi connectivity index (χ2n) is 4.91. The minimum atomic E-state index is -0.701. The summed E-state index contributed by atoms with van der Waals surface area (Å²) in [4.78, 5) is 4.37. The Morgan fingerprint density at radius 2 is 1.95 bits per heavy atom. The molecule has 1 unspecified atom stereocenters. The number of para-hydroxylation sites is 2. The summed E-state index contributed by atoms with van der Waals surface area (Å²) in [7, 11) is 0. The highest BCUT2D eigenvalue weighted by Crippen LogP contribution is 2.34. The van der Waals surface area contributed by atoms with E-state index in [1.807, 2.05) is 30.3 Å². The summed E-state index contributed by atoms with van der Waals surface area (Å²) >= 11 is 0. The lowest BCUT2D eigenvalue weighted by Gasteiger charge is -2.09. The van der Waals surface area contributed by atoms with Gasteiger partial charge in [0.25, 0.3) is 0 Å². The Morgan fingerprint density at radius 1 is 1.10 bits per heavy atom. The van der Waals surface area contributed by atoms with Gasteiger partial charge in [-0.15, -0.1) is 0 Å². The van der Waals surface area contributed by atoms with Crippen LogP contribution < -0.4 is 9.47 Å². The summed E-state index contributed by atoms with van der Waals surface area (Å²) in [6, 6.07) is 13.0. The van der Waals surface area contributed by atoms with Crippen LogP contribution in [0.2, 0.25) is 0 Å². The largest absolute Gasteiger partial charge is 0.454 e. The molecule has 0 amide bonds. The van der Waals surface area contributed by atoms with Crippen LogP contribution in [0.1, 0.15) is 17.6 Å². The Balaban J connectivity index is 1.58. The van der Waals surface area contributed by atoms with Crippen molar-refractivity contribution in [2.24, 2.45) is 0 Å². The van der Waals surface area contributed by atoms with Crippen molar-refractivity contribution >= 4 is 11.1 Å². The number of aliphatic hydroxyl groups excluding tert-OH is 1. The van der Waals surface area contributed by atoms with Gasteiger partial charge >= 0.3 is 0 Å². The van der Waals surface area contributed by atoms with Gasteiger partial charge in [0.15, 0.2) is 23.0 Å². The van der Waals surface area contributed by atoms with E-state index in [1.54, 1.807) is 12.1 Å². The third kappa shape index (κ3) is 2.21. The third-order valence-corrected chi connectivity index (χ3v) is 3.49. The lowest BCUT2D eigenvalue weighted by Crippen LogP contribution is -2.02. The van der Waals surface area contributed by atoms with Gasteiger partial charge in [-0.3, -0.25) is 0 Å². The number of fused-ring (bicyclic) bond motifs is 2. The second kappa shape index (κ2) is 4.79. The summed E-state index contributed by atoms with van der Waals surface area (Å²) in [6.07, 6.45) is -0.388. The van der Waals surface area contributed by atoms with Crippen LogP contribution in [0.25, 0.3) is 11.1 Å². The first-order valence-electron chi connectivity index (χ1n) is 6.72. The normalized spacial score (nSPS) is 14.5. The maximum absolute atomic E-state index is 10.3. The van der Waals surface area contributed by atoms with Gasteiger partial charge < -0.3 is 19.0 Å². The zero-order chi connectivity index (χ0) is 14.2. The average Bonchev–Trinajstić information content (AvgIpc) is 3.11. The van der Waals surface area contributed by atoms with Crippen molar-refractivity contribution in [1.82, 2.24) is 4.98 Å². The zero-order valence-electron chi connectivity index (χ0n) is 11.2. The molecule has 0 aliphatic carbocycles.